The number of aromatic nitrogens is 1. The van der Waals surface area contributed by atoms with Crippen molar-refractivity contribution in [3.63, 3.8) is 0 Å². The standard InChI is InChI=1S/C10H11NS.C4H9N/c1-7-6-11-10-4-3-8(12-2)5-9(7)10;1-2-4-5-3-1/h3-6,11H,1-2H3;5H,1-4H2. The SMILES string of the molecule is C1CCNC1.CSc1ccc2[nH]cc(C)c2c1. The van der Waals surface area contributed by atoms with Crippen LogP contribution < -0.4 is 5.32 Å². The molecule has 0 aliphatic carbocycles. The van der Waals surface area contributed by atoms with Crippen LogP contribution >= 0.6 is 11.8 Å². The highest BCUT2D eigenvalue weighted by molar-refractivity contribution is 7.98. The summed E-state index contributed by atoms with van der Waals surface area (Å²) in [5.74, 6) is 0. The van der Waals surface area contributed by atoms with Crippen molar-refractivity contribution in [1.82, 2.24) is 10.3 Å². The third kappa shape index (κ3) is 3.27. The van der Waals surface area contributed by atoms with Crippen molar-refractivity contribution in [3.05, 3.63) is 30.0 Å². The average molecular weight is 248 g/mol. The van der Waals surface area contributed by atoms with Crippen molar-refractivity contribution in [2.24, 2.45) is 0 Å². The predicted molar refractivity (Wildman–Crippen MR) is 76.9 cm³/mol. The number of thioether (sulfide) groups is 1. The number of hydrogen-bond acceptors (Lipinski definition) is 2. The Kier molecular flexibility index (Phi) is 4.51. The quantitative estimate of drug-likeness (QED) is 0.755. The minimum atomic E-state index is 1.23. The number of fused-ring (bicyclic) bond motifs is 1. The fraction of sp³-hybridized carbons (Fsp3) is 0.429. The third-order valence-electron chi connectivity index (χ3n) is 3.05. The van der Waals surface area contributed by atoms with Gasteiger partial charge in [0, 0.05) is 22.0 Å². The molecule has 0 atom stereocenters. The molecule has 0 unspecified atom stereocenters. The minimum Gasteiger partial charge on any atom is -0.361 e. The van der Waals surface area contributed by atoms with Gasteiger partial charge in [-0.2, -0.15) is 0 Å². The average Bonchev–Trinajstić information content (AvgIpc) is 3.03. The molecule has 3 heteroatoms. The van der Waals surface area contributed by atoms with Crippen LogP contribution in [0.1, 0.15) is 18.4 Å². The van der Waals surface area contributed by atoms with Gasteiger partial charge in [-0.25, -0.2) is 0 Å². The van der Waals surface area contributed by atoms with Crippen molar-refractivity contribution < 1.29 is 0 Å². The number of benzene rings is 1. The largest absolute Gasteiger partial charge is 0.361 e. The normalized spacial score (nSPS) is 14.7. The summed E-state index contributed by atoms with van der Waals surface area (Å²) < 4.78 is 0. The topological polar surface area (TPSA) is 27.8 Å². The van der Waals surface area contributed by atoms with E-state index in [1.807, 2.05) is 0 Å². The zero-order valence-corrected chi connectivity index (χ0v) is 11.4. The highest BCUT2D eigenvalue weighted by Crippen LogP contribution is 2.23. The van der Waals surface area contributed by atoms with Gasteiger partial charge in [-0.1, -0.05) is 0 Å². The molecule has 92 valence electrons. The molecule has 1 aliphatic heterocycles. The van der Waals surface area contributed by atoms with Gasteiger partial charge in [0.25, 0.3) is 0 Å². The zero-order chi connectivity index (χ0) is 12.1. The van der Waals surface area contributed by atoms with Gasteiger partial charge in [0.05, 0.1) is 0 Å². The lowest BCUT2D eigenvalue weighted by atomic mass is 10.2. The van der Waals surface area contributed by atoms with Crippen molar-refractivity contribution in [3.8, 4) is 0 Å². The fourth-order valence-corrected chi connectivity index (χ4v) is 2.43. The summed E-state index contributed by atoms with van der Waals surface area (Å²) >= 11 is 1.78. The first-order valence-electron chi connectivity index (χ1n) is 6.13. The smallest absolute Gasteiger partial charge is 0.0457 e. The maximum Gasteiger partial charge on any atom is 0.0457 e. The van der Waals surface area contributed by atoms with Crippen molar-refractivity contribution in [2.75, 3.05) is 19.3 Å². The summed E-state index contributed by atoms with van der Waals surface area (Å²) in [4.78, 5) is 4.55. The third-order valence-corrected chi connectivity index (χ3v) is 3.78. The van der Waals surface area contributed by atoms with Gasteiger partial charge in [0.2, 0.25) is 0 Å². The first kappa shape index (κ1) is 12.5. The van der Waals surface area contributed by atoms with E-state index in [0.717, 1.165) is 0 Å². The molecule has 0 spiro atoms. The van der Waals surface area contributed by atoms with E-state index >= 15 is 0 Å². The maximum atomic E-state index is 3.23. The fourth-order valence-electron chi connectivity index (χ4n) is 1.99. The Hall–Kier alpha value is -0.930. The molecule has 1 aromatic carbocycles. The van der Waals surface area contributed by atoms with Crippen molar-refractivity contribution in [1.29, 1.82) is 0 Å². The Morgan fingerprint density at radius 1 is 1.18 bits per heavy atom. The van der Waals surface area contributed by atoms with E-state index in [0.29, 0.717) is 0 Å². The van der Waals surface area contributed by atoms with Crippen LogP contribution in [0.15, 0.2) is 29.3 Å². The first-order chi connectivity index (χ1) is 8.31. The van der Waals surface area contributed by atoms with E-state index in [-0.39, 0.29) is 0 Å². The molecule has 1 fully saturated rings. The van der Waals surface area contributed by atoms with E-state index in [9.17, 15) is 0 Å². The monoisotopic (exact) mass is 248 g/mol. The summed E-state index contributed by atoms with van der Waals surface area (Å²) in [5.41, 5.74) is 2.55. The van der Waals surface area contributed by atoms with E-state index in [1.165, 1.54) is 47.3 Å². The molecule has 2 aromatic rings. The van der Waals surface area contributed by atoms with Crippen LogP contribution in [0.2, 0.25) is 0 Å². The molecule has 0 bridgehead atoms. The number of aromatic amines is 1. The van der Waals surface area contributed by atoms with Gasteiger partial charge in [-0.15, -0.1) is 11.8 Å². The molecule has 0 saturated carbocycles. The van der Waals surface area contributed by atoms with E-state index in [4.69, 9.17) is 0 Å². The predicted octanol–water partition coefficient (Wildman–Crippen LogP) is 3.57. The molecule has 2 N–H and O–H groups in total. The van der Waals surface area contributed by atoms with Crippen LogP contribution in [0.25, 0.3) is 10.9 Å². The summed E-state index contributed by atoms with van der Waals surface area (Å²) in [6, 6.07) is 6.50. The number of hydrogen-bond donors (Lipinski definition) is 2. The van der Waals surface area contributed by atoms with Crippen LogP contribution in [0.4, 0.5) is 0 Å². The van der Waals surface area contributed by atoms with E-state index in [2.05, 4.69) is 47.9 Å². The molecule has 0 radical (unpaired) electrons. The molecule has 2 nitrogen and oxygen atoms in total. The second-order valence-electron chi connectivity index (χ2n) is 4.34. The lowest BCUT2D eigenvalue weighted by Crippen LogP contribution is -2.03. The Bertz CT molecular complexity index is 464. The number of nitrogens with one attached hydrogen (secondary N) is 2. The molecule has 1 aliphatic rings. The Balaban J connectivity index is 0.000000181. The number of aryl methyl sites for hydroxylation is 1. The number of rotatable bonds is 1. The highest BCUT2D eigenvalue weighted by atomic mass is 32.2. The van der Waals surface area contributed by atoms with Crippen molar-refractivity contribution >= 4 is 22.7 Å². The van der Waals surface area contributed by atoms with Gasteiger partial charge in [-0.3, -0.25) is 0 Å². The van der Waals surface area contributed by atoms with E-state index < -0.39 is 0 Å². The molecular weight excluding hydrogens is 228 g/mol. The second-order valence-corrected chi connectivity index (χ2v) is 5.22. The summed E-state index contributed by atoms with van der Waals surface area (Å²) in [6.07, 6.45) is 6.93. The van der Waals surface area contributed by atoms with Crippen LogP contribution in [-0.2, 0) is 0 Å². The second kappa shape index (κ2) is 6.12. The lowest BCUT2D eigenvalue weighted by Gasteiger charge is -1.96. The van der Waals surface area contributed by atoms with Crippen LogP contribution in [-0.4, -0.2) is 24.3 Å². The minimum absolute atomic E-state index is 1.23. The number of H-pyrrole nitrogens is 1. The van der Waals surface area contributed by atoms with Gasteiger partial charge in [0.15, 0.2) is 0 Å². The molecule has 1 saturated heterocycles. The first-order valence-corrected chi connectivity index (χ1v) is 7.36. The zero-order valence-electron chi connectivity index (χ0n) is 10.5. The molecule has 1 aromatic heterocycles. The summed E-state index contributed by atoms with van der Waals surface area (Å²) in [7, 11) is 0. The van der Waals surface area contributed by atoms with Gasteiger partial charge in [0.1, 0.15) is 0 Å². The van der Waals surface area contributed by atoms with Crippen molar-refractivity contribution in [2.45, 2.75) is 24.7 Å². The molecular formula is C14H20N2S. The Morgan fingerprint density at radius 3 is 2.53 bits per heavy atom. The Morgan fingerprint density at radius 2 is 1.94 bits per heavy atom. The van der Waals surface area contributed by atoms with Gasteiger partial charge in [-0.05, 0) is 62.9 Å². The van der Waals surface area contributed by atoms with Crippen LogP contribution in [0.5, 0.6) is 0 Å². The molecule has 3 rings (SSSR count). The summed E-state index contributed by atoms with van der Waals surface area (Å²) in [6.45, 7) is 4.63. The highest BCUT2D eigenvalue weighted by Gasteiger charge is 1.99. The molecule has 17 heavy (non-hydrogen) atoms. The van der Waals surface area contributed by atoms with Gasteiger partial charge >= 0.3 is 0 Å². The van der Waals surface area contributed by atoms with Crippen LogP contribution in [0, 0.1) is 6.92 Å². The molecule has 2 heterocycles. The Labute approximate surface area is 107 Å². The van der Waals surface area contributed by atoms with Gasteiger partial charge < -0.3 is 10.3 Å². The van der Waals surface area contributed by atoms with Crippen LogP contribution in [0.3, 0.4) is 0 Å². The van der Waals surface area contributed by atoms with E-state index in [1.54, 1.807) is 11.8 Å². The summed E-state index contributed by atoms with van der Waals surface area (Å²) in [5, 5.41) is 4.56. The maximum absolute atomic E-state index is 3.23. The lowest BCUT2D eigenvalue weighted by molar-refractivity contribution is 0.857. The molecule has 0 amide bonds.